The van der Waals surface area contributed by atoms with Crippen molar-refractivity contribution in [1.82, 2.24) is 0 Å². The third-order valence-electron chi connectivity index (χ3n) is 3.53. The first-order valence-electron chi connectivity index (χ1n) is 7.33. The zero-order valence-corrected chi connectivity index (χ0v) is 14.1. The van der Waals surface area contributed by atoms with E-state index in [0.29, 0.717) is 4.31 Å². The number of rotatable bonds is 7. The van der Waals surface area contributed by atoms with Crippen LogP contribution >= 0.6 is 0 Å². The number of sulfonamides is 1. The number of nitro groups is 1. The molecule has 2 aromatic rings. The number of aliphatic carboxylic acids is 1. The molecule has 25 heavy (non-hydrogen) atoms. The van der Waals surface area contributed by atoms with E-state index in [2.05, 4.69) is 0 Å². The van der Waals surface area contributed by atoms with Crippen LogP contribution in [0, 0.1) is 10.1 Å². The van der Waals surface area contributed by atoms with Crippen molar-refractivity contribution in [2.75, 3.05) is 10.8 Å². The molecule has 0 aliphatic heterocycles. The van der Waals surface area contributed by atoms with Crippen molar-refractivity contribution in [3.63, 3.8) is 0 Å². The first kappa shape index (κ1) is 18.4. The molecule has 0 saturated carbocycles. The number of hydrogen-bond donors (Lipinski definition) is 1. The van der Waals surface area contributed by atoms with Crippen molar-refractivity contribution in [2.24, 2.45) is 0 Å². The molecule has 0 radical (unpaired) electrons. The number of carbonyl (C=O) groups is 1. The number of benzene rings is 2. The molecule has 0 unspecified atom stereocenters. The van der Waals surface area contributed by atoms with Crippen molar-refractivity contribution < 1.29 is 23.2 Å². The van der Waals surface area contributed by atoms with Crippen LogP contribution in [0.15, 0.2) is 53.4 Å². The maximum atomic E-state index is 12.8. The first-order chi connectivity index (χ1) is 11.8. The average Bonchev–Trinajstić information content (AvgIpc) is 2.59. The SMILES string of the molecule is CCc1ccc(N(CC(=O)O)S(=O)(=O)c2cccc([N+](=O)[O-])c2)cc1. The van der Waals surface area contributed by atoms with Crippen LogP contribution < -0.4 is 4.31 Å². The molecule has 0 fully saturated rings. The Morgan fingerprint density at radius 2 is 1.84 bits per heavy atom. The predicted octanol–water partition coefficient (Wildman–Crippen LogP) is 2.44. The molecule has 0 saturated heterocycles. The summed E-state index contributed by atoms with van der Waals surface area (Å²) in [6, 6.07) is 10.9. The minimum Gasteiger partial charge on any atom is -0.480 e. The van der Waals surface area contributed by atoms with Gasteiger partial charge in [0.15, 0.2) is 0 Å². The zero-order chi connectivity index (χ0) is 18.6. The smallest absolute Gasteiger partial charge is 0.324 e. The fourth-order valence-corrected chi connectivity index (χ4v) is 3.67. The number of anilines is 1. The van der Waals surface area contributed by atoms with E-state index in [4.69, 9.17) is 5.11 Å². The van der Waals surface area contributed by atoms with Crippen LogP contribution in [0.4, 0.5) is 11.4 Å². The van der Waals surface area contributed by atoms with E-state index in [9.17, 15) is 23.3 Å². The van der Waals surface area contributed by atoms with Gasteiger partial charge in [0.25, 0.3) is 15.7 Å². The summed E-state index contributed by atoms with van der Waals surface area (Å²) in [5, 5.41) is 20.0. The predicted molar refractivity (Wildman–Crippen MR) is 91.1 cm³/mol. The Balaban J connectivity index is 2.53. The van der Waals surface area contributed by atoms with E-state index in [1.807, 2.05) is 6.92 Å². The molecule has 0 amide bonds. The van der Waals surface area contributed by atoms with Crippen LogP contribution in [-0.4, -0.2) is 31.0 Å². The highest BCUT2D eigenvalue weighted by atomic mass is 32.2. The van der Waals surface area contributed by atoms with Crippen molar-refractivity contribution in [1.29, 1.82) is 0 Å². The standard InChI is InChI=1S/C16H16N2O6S/c1-2-12-6-8-13(9-7-12)17(11-16(19)20)25(23,24)15-5-3-4-14(10-15)18(21)22/h3-10H,2,11H2,1H3,(H,19,20). The van der Waals surface area contributed by atoms with Gasteiger partial charge in [-0.2, -0.15) is 0 Å². The van der Waals surface area contributed by atoms with Gasteiger partial charge in [0.1, 0.15) is 6.54 Å². The zero-order valence-electron chi connectivity index (χ0n) is 13.3. The van der Waals surface area contributed by atoms with Gasteiger partial charge in [-0.15, -0.1) is 0 Å². The van der Waals surface area contributed by atoms with Gasteiger partial charge in [-0.05, 0) is 30.2 Å². The number of carboxylic acids is 1. The normalized spacial score (nSPS) is 11.1. The summed E-state index contributed by atoms with van der Waals surface area (Å²) in [5.74, 6) is -1.34. The molecule has 0 aliphatic rings. The Morgan fingerprint density at radius 1 is 1.20 bits per heavy atom. The number of nitrogens with zero attached hydrogens (tertiary/aromatic N) is 2. The summed E-state index contributed by atoms with van der Waals surface area (Å²) in [4.78, 5) is 21.0. The van der Waals surface area contributed by atoms with Crippen LogP contribution in [0.1, 0.15) is 12.5 Å². The monoisotopic (exact) mass is 364 g/mol. The van der Waals surface area contributed by atoms with Crippen LogP contribution in [-0.2, 0) is 21.2 Å². The van der Waals surface area contributed by atoms with Gasteiger partial charge in [-0.3, -0.25) is 19.2 Å². The first-order valence-corrected chi connectivity index (χ1v) is 8.77. The number of non-ortho nitro benzene ring substituents is 1. The van der Waals surface area contributed by atoms with E-state index in [1.165, 1.54) is 24.3 Å². The molecule has 0 atom stereocenters. The van der Waals surface area contributed by atoms with E-state index < -0.39 is 33.1 Å². The molecule has 0 spiro atoms. The summed E-state index contributed by atoms with van der Waals surface area (Å²) in [7, 11) is -4.28. The Bertz CT molecular complexity index is 893. The maximum absolute atomic E-state index is 12.8. The second-order valence-electron chi connectivity index (χ2n) is 5.18. The number of hydrogen-bond acceptors (Lipinski definition) is 5. The average molecular weight is 364 g/mol. The van der Waals surface area contributed by atoms with E-state index in [1.54, 1.807) is 12.1 Å². The van der Waals surface area contributed by atoms with Gasteiger partial charge in [-0.25, -0.2) is 8.42 Å². The van der Waals surface area contributed by atoms with Crippen LogP contribution in [0.25, 0.3) is 0 Å². The molecule has 0 aromatic heterocycles. The van der Waals surface area contributed by atoms with Crippen molar-refractivity contribution in [2.45, 2.75) is 18.2 Å². The van der Waals surface area contributed by atoms with Crippen molar-refractivity contribution in [3.8, 4) is 0 Å². The summed E-state index contributed by atoms with van der Waals surface area (Å²) in [5.41, 5.74) is 0.746. The fraction of sp³-hybridized carbons (Fsp3) is 0.188. The minimum atomic E-state index is -4.28. The molecule has 8 nitrogen and oxygen atoms in total. The van der Waals surface area contributed by atoms with Gasteiger partial charge >= 0.3 is 5.97 Å². The Labute approximate surface area is 144 Å². The second-order valence-corrected chi connectivity index (χ2v) is 7.04. The lowest BCUT2D eigenvalue weighted by Crippen LogP contribution is -2.35. The lowest BCUT2D eigenvalue weighted by molar-refractivity contribution is -0.385. The highest BCUT2D eigenvalue weighted by molar-refractivity contribution is 7.92. The summed E-state index contributed by atoms with van der Waals surface area (Å²) in [6.45, 7) is 1.14. The van der Waals surface area contributed by atoms with Gasteiger partial charge in [0.05, 0.1) is 15.5 Å². The molecule has 0 aliphatic carbocycles. The second kappa shape index (κ2) is 7.31. The lowest BCUT2D eigenvalue weighted by atomic mass is 10.1. The molecule has 2 aromatic carbocycles. The number of carboxylic acid groups (broad SMARTS) is 1. The van der Waals surface area contributed by atoms with E-state index in [-0.39, 0.29) is 10.6 Å². The Morgan fingerprint density at radius 3 is 2.36 bits per heavy atom. The van der Waals surface area contributed by atoms with Gasteiger partial charge in [-0.1, -0.05) is 25.1 Å². The van der Waals surface area contributed by atoms with Crippen LogP contribution in [0.5, 0.6) is 0 Å². The molecular formula is C16H16N2O6S. The highest BCUT2D eigenvalue weighted by Gasteiger charge is 2.28. The van der Waals surface area contributed by atoms with Crippen LogP contribution in [0.2, 0.25) is 0 Å². The Hall–Kier alpha value is -2.94. The summed E-state index contributed by atoms with van der Waals surface area (Å²) >= 11 is 0. The third kappa shape index (κ3) is 4.13. The number of nitro benzene ring substituents is 1. The quantitative estimate of drug-likeness (QED) is 0.595. The fourth-order valence-electron chi connectivity index (χ4n) is 2.22. The molecule has 132 valence electrons. The maximum Gasteiger partial charge on any atom is 0.324 e. The molecule has 2 rings (SSSR count). The highest BCUT2D eigenvalue weighted by Crippen LogP contribution is 2.26. The van der Waals surface area contributed by atoms with Crippen molar-refractivity contribution >= 4 is 27.4 Å². The van der Waals surface area contributed by atoms with E-state index >= 15 is 0 Å². The summed E-state index contributed by atoms with van der Waals surface area (Å²) in [6.07, 6.45) is 0.747. The molecule has 0 heterocycles. The largest absolute Gasteiger partial charge is 0.480 e. The third-order valence-corrected chi connectivity index (χ3v) is 5.30. The van der Waals surface area contributed by atoms with Gasteiger partial charge in [0.2, 0.25) is 0 Å². The van der Waals surface area contributed by atoms with Crippen molar-refractivity contribution in [3.05, 3.63) is 64.2 Å². The molecular weight excluding hydrogens is 348 g/mol. The van der Waals surface area contributed by atoms with Gasteiger partial charge in [0, 0.05) is 12.1 Å². The molecule has 0 bridgehead atoms. The minimum absolute atomic E-state index is 0.172. The Kier molecular flexibility index (Phi) is 5.38. The van der Waals surface area contributed by atoms with Crippen LogP contribution in [0.3, 0.4) is 0 Å². The summed E-state index contributed by atoms with van der Waals surface area (Å²) < 4.78 is 26.4. The van der Waals surface area contributed by atoms with Gasteiger partial charge < -0.3 is 5.11 Å². The number of aryl methyl sites for hydroxylation is 1. The topological polar surface area (TPSA) is 118 Å². The lowest BCUT2D eigenvalue weighted by Gasteiger charge is -2.22. The molecule has 9 heteroatoms. The van der Waals surface area contributed by atoms with E-state index in [0.717, 1.165) is 24.1 Å². The molecule has 1 N–H and O–H groups in total.